The molecule has 0 radical (unpaired) electrons. The quantitative estimate of drug-likeness (QED) is 0.404. The van der Waals surface area contributed by atoms with Crippen LogP contribution in [0.25, 0.3) is 16.9 Å². The van der Waals surface area contributed by atoms with Crippen LogP contribution in [-0.2, 0) is 0 Å². The maximum Gasteiger partial charge on any atom is 0.205 e. The third-order valence-corrected chi connectivity index (χ3v) is 5.96. The highest BCUT2D eigenvalue weighted by Gasteiger charge is 2.11. The summed E-state index contributed by atoms with van der Waals surface area (Å²) < 4.78 is 4.91. The maximum atomic E-state index is 4.88. The number of hydrogen-bond acceptors (Lipinski definition) is 4. The molecule has 0 aliphatic carbocycles. The van der Waals surface area contributed by atoms with Gasteiger partial charge in [0, 0.05) is 40.5 Å². The van der Waals surface area contributed by atoms with Gasteiger partial charge in [-0.15, -0.1) is 11.3 Å². The number of hydrogen-bond donors (Lipinski definition) is 0. The van der Waals surface area contributed by atoms with Gasteiger partial charge in [-0.05, 0) is 30.7 Å². The molecule has 0 bridgehead atoms. The molecule has 140 valence electrons. The summed E-state index contributed by atoms with van der Waals surface area (Å²) in [5, 5.41) is 6.96. The number of halogens is 1. The van der Waals surface area contributed by atoms with Crippen LogP contribution >= 0.6 is 27.3 Å². The largest absolute Gasteiger partial charge is 0.306 e. The summed E-state index contributed by atoms with van der Waals surface area (Å²) in [6.45, 7) is 2.01. The summed E-state index contributed by atoms with van der Waals surface area (Å²) in [6.07, 6.45) is 5.49. The zero-order chi connectivity index (χ0) is 19.5. The lowest BCUT2D eigenvalue weighted by Gasteiger charge is -2.08. The number of aromatic nitrogens is 3. The van der Waals surface area contributed by atoms with Crippen LogP contribution in [0.1, 0.15) is 12.5 Å². The van der Waals surface area contributed by atoms with Gasteiger partial charge in [0.05, 0.1) is 17.7 Å². The van der Waals surface area contributed by atoms with E-state index in [0.717, 1.165) is 37.5 Å². The van der Waals surface area contributed by atoms with Crippen molar-refractivity contribution < 1.29 is 0 Å². The Morgan fingerprint density at radius 3 is 2.57 bits per heavy atom. The van der Waals surface area contributed by atoms with Crippen LogP contribution < -0.4 is 4.80 Å². The van der Waals surface area contributed by atoms with Gasteiger partial charge in [0.15, 0.2) is 0 Å². The normalized spacial score (nSPS) is 12.5. The predicted molar refractivity (Wildman–Crippen MR) is 118 cm³/mol. The standard InChI is InChI=1S/C21H18BrN5S/c1-15(16-7-9-17(10-8-16)26-12-11-24-14-26)25-27-20(13-28-21(27)23-2)18-5-3-4-6-19(18)22/h3-14H,1-2H3. The number of nitrogens with zero attached hydrogens (tertiary/aromatic N) is 5. The Bertz CT molecular complexity index is 1180. The second-order valence-corrected chi connectivity index (χ2v) is 7.81. The molecule has 4 aromatic rings. The van der Waals surface area contributed by atoms with Crippen molar-refractivity contribution >= 4 is 33.0 Å². The third-order valence-electron chi connectivity index (χ3n) is 4.36. The molecular weight excluding hydrogens is 434 g/mol. The Kier molecular flexibility index (Phi) is 5.36. The van der Waals surface area contributed by atoms with Crippen molar-refractivity contribution in [2.45, 2.75) is 6.92 Å². The molecule has 28 heavy (non-hydrogen) atoms. The van der Waals surface area contributed by atoms with Crippen LogP contribution in [0.3, 0.4) is 0 Å². The van der Waals surface area contributed by atoms with E-state index in [-0.39, 0.29) is 0 Å². The minimum atomic E-state index is 0.847. The van der Waals surface area contributed by atoms with Crippen molar-refractivity contribution in [3.05, 3.63) is 87.5 Å². The predicted octanol–water partition coefficient (Wildman–Crippen LogP) is 4.97. The molecule has 0 spiro atoms. The van der Waals surface area contributed by atoms with Crippen molar-refractivity contribution in [2.75, 3.05) is 7.05 Å². The van der Waals surface area contributed by atoms with E-state index < -0.39 is 0 Å². The summed E-state index contributed by atoms with van der Waals surface area (Å²) in [5.74, 6) is 0. The molecule has 0 saturated carbocycles. The lowest BCUT2D eigenvalue weighted by molar-refractivity contribution is 0.841. The first kappa shape index (κ1) is 18.6. The molecule has 2 aromatic heterocycles. The fourth-order valence-electron chi connectivity index (χ4n) is 2.90. The summed E-state index contributed by atoms with van der Waals surface area (Å²) >= 11 is 5.22. The lowest BCUT2D eigenvalue weighted by atomic mass is 10.1. The zero-order valence-electron chi connectivity index (χ0n) is 15.5. The van der Waals surface area contributed by atoms with Gasteiger partial charge in [-0.2, -0.15) is 5.10 Å². The van der Waals surface area contributed by atoms with E-state index >= 15 is 0 Å². The first-order valence-corrected chi connectivity index (χ1v) is 10.4. The van der Waals surface area contributed by atoms with Gasteiger partial charge in [0.1, 0.15) is 0 Å². The van der Waals surface area contributed by atoms with Crippen molar-refractivity contribution in [1.29, 1.82) is 0 Å². The van der Waals surface area contributed by atoms with Gasteiger partial charge in [0.25, 0.3) is 0 Å². The third kappa shape index (κ3) is 3.63. The van der Waals surface area contributed by atoms with Gasteiger partial charge in [-0.25, -0.2) is 9.66 Å². The lowest BCUT2D eigenvalue weighted by Crippen LogP contribution is -2.14. The zero-order valence-corrected chi connectivity index (χ0v) is 17.9. The van der Waals surface area contributed by atoms with Gasteiger partial charge in [-0.3, -0.25) is 4.99 Å². The van der Waals surface area contributed by atoms with Crippen LogP contribution in [0.4, 0.5) is 0 Å². The van der Waals surface area contributed by atoms with Gasteiger partial charge in [-0.1, -0.05) is 46.3 Å². The molecule has 0 atom stereocenters. The van der Waals surface area contributed by atoms with E-state index in [9.17, 15) is 0 Å². The molecule has 0 saturated heterocycles. The Labute approximate surface area is 175 Å². The smallest absolute Gasteiger partial charge is 0.205 e. The summed E-state index contributed by atoms with van der Waals surface area (Å²) in [7, 11) is 1.79. The number of benzene rings is 2. The molecule has 0 aliphatic rings. The molecule has 0 amide bonds. The van der Waals surface area contributed by atoms with Crippen LogP contribution in [0.15, 0.2) is 87.2 Å². The fourth-order valence-corrected chi connectivity index (χ4v) is 4.17. The van der Waals surface area contributed by atoms with Crippen LogP contribution in [0, 0.1) is 0 Å². The number of thiazole rings is 1. The molecular formula is C21H18BrN5S. The summed E-state index contributed by atoms with van der Waals surface area (Å²) in [6, 6.07) is 16.4. The van der Waals surface area contributed by atoms with Gasteiger partial charge in [0.2, 0.25) is 4.80 Å². The van der Waals surface area contributed by atoms with Crippen molar-refractivity contribution in [2.24, 2.45) is 10.1 Å². The topological polar surface area (TPSA) is 47.5 Å². The molecule has 0 fully saturated rings. The second-order valence-electron chi connectivity index (χ2n) is 6.12. The number of imidazole rings is 1. The molecule has 4 rings (SSSR count). The highest BCUT2D eigenvalue weighted by Crippen LogP contribution is 2.28. The molecule has 2 aromatic carbocycles. The molecule has 7 heteroatoms. The monoisotopic (exact) mass is 451 g/mol. The average Bonchev–Trinajstić information content (AvgIpc) is 3.39. The van der Waals surface area contributed by atoms with Gasteiger partial charge >= 0.3 is 0 Å². The van der Waals surface area contributed by atoms with Crippen LogP contribution in [-0.4, -0.2) is 27.0 Å². The maximum absolute atomic E-state index is 4.88. The Hall–Kier alpha value is -2.77. The number of rotatable bonds is 4. The van der Waals surface area contributed by atoms with E-state index in [1.165, 1.54) is 0 Å². The van der Waals surface area contributed by atoms with E-state index in [1.54, 1.807) is 30.9 Å². The highest BCUT2D eigenvalue weighted by atomic mass is 79.9. The molecule has 0 aliphatic heterocycles. The minimum Gasteiger partial charge on any atom is -0.306 e. The van der Waals surface area contributed by atoms with Crippen molar-refractivity contribution in [3.63, 3.8) is 0 Å². The van der Waals surface area contributed by atoms with E-state index in [1.807, 2.05) is 40.6 Å². The van der Waals surface area contributed by atoms with E-state index in [2.05, 4.69) is 61.6 Å². The first-order chi connectivity index (χ1) is 13.7. The summed E-state index contributed by atoms with van der Waals surface area (Å²) in [5.41, 5.74) is 5.13. The summed E-state index contributed by atoms with van der Waals surface area (Å²) in [4.78, 5) is 9.33. The molecule has 0 unspecified atom stereocenters. The molecule has 0 N–H and O–H groups in total. The molecule has 2 heterocycles. The Balaban J connectivity index is 1.74. The van der Waals surface area contributed by atoms with Crippen molar-refractivity contribution in [3.8, 4) is 16.9 Å². The van der Waals surface area contributed by atoms with Crippen LogP contribution in [0.2, 0.25) is 0 Å². The van der Waals surface area contributed by atoms with Gasteiger partial charge < -0.3 is 4.57 Å². The minimum absolute atomic E-state index is 0.847. The van der Waals surface area contributed by atoms with Crippen molar-refractivity contribution in [1.82, 2.24) is 14.2 Å². The highest BCUT2D eigenvalue weighted by molar-refractivity contribution is 9.10. The Morgan fingerprint density at radius 2 is 1.89 bits per heavy atom. The Morgan fingerprint density at radius 1 is 1.11 bits per heavy atom. The second kappa shape index (κ2) is 8.08. The van der Waals surface area contributed by atoms with Crippen LogP contribution in [0.5, 0.6) is 0 Å². The molecule has 5 nitrogen and oxygen atoms in total. The first-order valence-electron chi connectivity index (χ1n) is 8.70. The fraction of sp³-hybridized carbons (Fsp3) is 0.0952. The SMILES string of the molecule is CN=c1scc(-c2ccccc2Br)n1N=C(C)c1ccc(-n2ccnc2)cc1. The average molecular weight is 452 g/mol. The van der Waals surface area contributed by atoms with E-state index in [0.29, 0.717) is 0 Å². The van der Waals surface area contributed by atoms with E-state index in [4.69, 9.17) is 5.10 Å².